The molecule has 1 heterocycles. The summed E-state index contributed by atoms with van der Waals surface area (Å²) in [5.74, 6) is -0.200. The maximum atomic E-state index is 11.8. The second kappa shape index (κ2) is 5.21. The summed E-state index contributed by atoms with van der Waals surface area (Å²) in [7, 11) is 1.42. The lowest BCUT2D eigenvalue weighted by molar-refractivity contribution is -0.180. The van der Waals surface area contributed by atoms with Crippen LogP contribution in [-0.2, 0) is 14.3 Å². The lowest BCUT2D eigenvalue weighted by atomic mass is 9.85. The number of aryl methyl sites for hydroxylation is 3. The van der Waals surface area contributed by atoms with Crippen LogP contribution in [0.15, 0.2) is 12.1 Å². The van der Waals surface area contributed by atoms with Crippen LogP contribution in [0.5, 0.6) is 0 Å². The Hall–Kier alpha value is -1.55. The Balaban J connectivity index is 2.12. The van der Waals surface area contributed by atoms with Gasteiger partial charge in [-0.05, 0) is 31.9 Å². The maximum absolute atomic E-state index is 11.8. The van der Waals surface area contributed by atoms with E-state index in [1.165, 1.54) is 23.8 Å². The SMILES string of the molecule is COC(=O)C1(CNc2c(C)cc(C)cc2C)COC1. The van der Waals surface area contributed by atoms with Crippen molar-refractivity contribution >= 4 is 11.7 Å². The van der Waals surface area contributed by atoms with Crippen molar-refractivity contribution in [1.82, 2.24) is 0 Å². The van der Waals surface area contributed by atoms with E-state index in [9.17, 15) is 4.79 Å². The Labute approximate surface area is 114 Å². The monoisotopic (exact) mass is 263 g/mol. The van der Waals surface area contributed by atoms with Gasteiger partial charge in [-0.15, -0.1) is 0 Å². The number of methoxy groups -OCH3 is 1. The van der Waals surface area contributed by atoms with Crippen molar-refractivity contribution < 1.29 is 14.3 Å². The Morgan fingerprint density at radius 3 is 2.32 bits per heavy atom. The molecule has 4 nitrogen and oxygen atoms in total. The van der Waals surface area contributed by atoms with E-state index in [2.05, 4.69) is 38.2 Å². The molecule has 2 rings (SSSR count). The summed E-state index contributed by atoms with van der Waals surface area (Å²) in [5, 5.41) is 3.39. The minimum Gasteiger partial charge on any atom is -0.468 e. The molecule has 0 aliphatic carbocycles. The third-order valence-corrected chi connectivity index (χ3v) is 3.66. The minimum absolute atomic E-state index is 0.200. The number of anilines is 1. The second-order valence-electron chi connectivity index (χ2n) is 5.39. The highest BCUT2D eigenvalue weighted by Gasteiger charge is 2.47. The zero-order chi connectivity index (χ0) is 14.0. The molecule has 0 aromatic heterocycles. The van der Waals surface area contributed by atoms with Crippen molar-refractivity contribution in [2.24, 2.45) is 5.41 Å². The summed E-state index contributed by atoms with van der Waals surface area (Å²) >= 11 is 0. The van der Waals surface area contributed by atoms with Crippen molar-refractivity contribution in [1.29, 1.82) is 0 Å². The van der Waals surface area contributed by atoms with E-state index < -0.39 is 5.41 Å². The summed E-state index contributed by atoms with van der Waals surface area (Å²) < 4.78 is 10.1. The normalized spacial score (nSPS) is 16.6. The lowest BCUT2D eigenvalue weighted by Gasteiger charge is -2.39. The first-order valence-electron chi connectivity index (χ1n) is 6.46. The van der Waals surface area contributed by atoms with Gasteiger partial charge in [0.05, 0.1) is 20.3 Å². The van der Waals surface area contributed by atoms with Crippen LogP contribution in [0.25, 0.3) is 0 Å². The van der Waals surface area contributed by atoms with E-state index in [0.29, 0.717) is 19.8 Å². The van der Waals surface area contributed by atoms with Crippen molar-refractivity contribution in [3.63, 3.8) is 0 Å². The number of esters is 1. The van der Waals surface area contributed by atoms with Crippen LogP contribution in [0.2, 0.25) is 0 Å². The van der Waals surface area contributed by atoms with E-state index in [1.807, 2.05) is 0 Å². The summed E-state index contributed by atoms with van der Waals surface area (Å²) in [4.78, 5) is 11.8. The van der Waals surface area contributed by atoms with E-state index in [1.54, 1.807) is 0 Å². The molecular formula is C15H21NO3. The number of carbonyl (C=O) groups excluding carboxylic acids is 1. The maximum Gasteiger partial charge on any atom is 0.318 e. The van der Waals surface area contributed by atoms with Crippen molar-refractivity contribution in [3.8, 4) is 0 Å². The summed E-state index contributed by atoms with van der Waals surface area (Å²) in [6.07, 6.45) is 0. The lowest BCUT2D eigenvalue weighted by Crippen LogP contribution is -2.54. The van der Waals surface area contributed by atoms with Gasteiger partial charge in [0.2, 0.25) is 0 Å². The molecule has 1 aliphatic heterocycles. The van der Waals surface area contributed by atoms with Crippen LogP contribution < -0.4 is 5.32 Å². The van der Waals surface area contributed by atoms with Crippen LogP contribution in [0.4, 0.5) is 5.69 Å². The zero-order valence-electron chi connectivity index (χ0n) is 12.0. The fraction of sp³-hybridized carbons (Fsp3) is 0.533. The Morgan fingerprint density at radius 1 is 1.32 bits per heavy atom. The molecule has 104 valence electrons. The molecule has 0 atom stereocenters. The number of ether oxygens (including phenoxy) is 2. The van der Waals surface area contributed by atoms with Gasteiger partial charge in [0, 0.05) is 12.2 Å². The Bertz CT molecular complexity index is 469. The van der Waals surface area contributed by atoms with Gasteiger partial charge in [0.1, 0.15) is 5.41 Å². The van der Waals surface area contributed by atoms with Crippen LogP contribution in [0, 0.1) is 26.2 Å². The van der Waals surface area contributed by atoms with Crippen molar-refractivity contribution in [2.75, 3.05) is 32.2 Å². The molecule has 1 fully saturated rings. The quantitative estimate of drug-likeness (QED) is 0.846. The van der Waals surface area contributed by atoms with Crippen LogP contribution in [-0.4, -0.2) is 32.8 Å². The summed E-state index contributed by atoms with van der Waals surface area (Å²) in [6, 6.07) is 4.27. The third-order valence-electron chi connectivity index (χ3n) is 3.66. The highest BCUT2D eigenvalue weighted by atomic mass is 16.5. The van der Waals surface area contributed by atoms with Gasteiger partial charge in [0.25, 0.3) is 0 Å². The second-order valence-corrected chi connectivity index (χ2v) is 5.39. The number of carbonyl (C=O) groups is 1. The fourth-order valence-corrected chi connectivity index (χ4v) is 2.57. The van der Waals surface area contributed by atoms with E-state index >= 15 is 0 Å². The van der Waals surface area contributed by atoms with Gasteiger partial charge < -0.3 is 14.8 Å². The van der Waals surface area contributed by atoms with Gasteiger partial charge in [-0.25, -0.2) is 0 Å². The van der Waals surface area contributed by atoms with Crippen LogP contribution >= 0.6 is 0 Å². The molecule has 1 saturated heterocycles. The van der Waals surface area contributed by atoms with Gasteiger partial charge in [-0.1, -0.05) is 17.7 Å². The molecule has 4 heteroatoms. The first-order valence-corrected chi connectivity index (χ1v) is 6.46. The Kier molecular flexibility index (Phi) is 3.80. The molecule has 0 saturated carbocycles. The molecule has 0 amide bonds. The topological polar surface area (TPSA) is 47.6 Å². The molecule has 1 aliphatic rings. The van der Waals surface area contributed by atoms with Gasteiger partial charge >= 0.3 is 5.97 Å². The smallest absolute Gasteiger partial charge is 0.318 e. The Morgan fingerprint density at radius 2 is 1.89 bits per heavy atom. The molecule has 0 bridgehead atoms. The molecule has 19 heavy (non-hydrogen) atoms. The third kappa shape index (κ3) is 2.59. The number of hydrogen-bond acceptors (Lipinski definition) is 4. The number of benzene rings is 1. The highest BCUT2D eigenvalue weighted by Crippen LogP contribution is 2.31. The predicted octanol–water partition coefficient (Wildman–Crippen LogP) is 2.21. The summed E-state index contributed by atoms with van der Waals surface area (Å²) in [6.45, 7) is 7.63. The van der Waals surface area contributed by atoms with Crippen LogP contribution in [0.3, 0.4) is 0 Å². The van der Waals surface area contributed by atoms with E-state index in [4.69, 9.17) is 9.47 Å². The fourth-order valence-electron chi connectivity index (χ4n) is 2.57. The predicted molar refractivity (Wildman–Crippen MR) is 74.4 cm³/mol. The van der Waals surface area contributed by atoms with Crippen molar-refractivity contribution in [2.45, 2.75) is 20.8 Å². The number of nitrogens with one attached hydrogen (secondary N) is 1. The number of hydrogen-bond donors (Lipinski definition) is 1. The zero-order valence-corrected chi connectivity index (χ0v) is 12.0. The molecule has 1 aromatic carbocycles. The molecule has 0 spiro atoms. The van der Waals surface area contributed by atoms with Gasteiger partial charge in [0.15, 0.2) is 0 Å². The standard InChI is InChI=1S/C15H21NO3/c1-10-5-11(2)13(12(3)6-10)16-7-15(8-19-9-15)14(17)18-4/h5-6,16H,7-9H2,1-4H3. The molecule has 1 aromatic rings. The van der Waals surface area contributed by atoms with Gasteiger partial charge in [-0.2, -0.15) is 0 Å². The van der Waals surface area contributed by atoms with E-state index in [-0.39, 0.29) is 5.97 Å². The molecule has 0 unspecified atom stereocenters. The number of rotatable bonds is 4. The summed E-state index contributed by atoms with van der Waals surface area (Å²) in [5.41, 5.74) is 4.20. The van der Waals surface area contributed by atoms with Crippen LogP contribution in [0.1, 0.15) is 16.7 Å². The minimum atomic E-state index is -0.529. The largest absolute Gasteiger partial charge is 0.468 e. The average Bonchev–Trinajstić information content (AvgIpc) is 2.29. The molecule has 1 N–H and O–H groups in total. The molecule has 0 radical (unpaired) electrons. The van der Waals surface area contributed by atoms with Crippen molar-refractivity contribution in [3.05, 3.63) is 28.8 Å². The molecular weight excluding hydrogens is 242 g/mol. The van der Waals surface area contributed by atoms with E-state index in [0.717, 1.165) is 5.69 Å². The highest BCUT2D eigenvalue weighted by molar-refractivity contribution is 5.79. The van der Waals surface area contributed by atoms with Gasteiger partial charge in [-0.3, -0.25) is 4.79 Å². The first-order chi connectivity index (χ1) is 8.98. The first kappa shape index (κ1) is 13.9. The average molecular weight is 263 g/mol.